The van der Waals surface area contributed by atoms with Crippen LogP contribution in [0.25, 0.3) is 0 Å². The molecule has 0 aliphatic rings. The van der Waals surface area contributed by atoms with Gasteiger partial charge in [-0.1, -0.05) is 32.4 Å². The lowest BCUT2D eigenvalue weighted by atomic mass is 10.1. The van der Waals surface area contributed by atoms with Gasteiger partial charge in [0.25, 0.3) is 0 Å². The van der Waals surface area contributed by atoms with Gasteiger partial charge in [-0.15, -0.1) is 0 Å². The molecule has 76 valence electrons. The summed E-state index contributed by atoms with van der Waals surface area (Å²) in [5.41, 5.74) is 2.72. The topological polar surface area (TPSA) is 12.0 Å². The second-order valence-corrected chi connectivity index (χ2v) is 3.68. The molecule has 1 heteroatoms. The Labute approximate surface area is 82.9 Å². The molecule has 0 aliphatic heterocycles. The molecule has 0 spiro atoms. The summed E-state index contributed by atoms with van der Waals surface area (Å²) in [4.78, 5) is 0. The summed E-state index contributed by atoms with van der Waals surface area (Å²) >= 11 is 0. The van der Waals surface area contributed by atoms with E-state index in [4.69, 9.17) is 0 Å². The van der Waals surface area contributed by atoms with Crippen LogP contribution in [-0.4, -0.2) is 6.54 Å². The average Bonchev–Trinajstić information content (AvgIpc) is 2.10. The molecule has 0 atom stereocenters. The van der Waals surface area contributed by atoms with Crippen LogP contribution >= 0.6 is 0 Å². The Bertz CT molecular complexity index is 187. The van der Waals surface area contributed by atoms with Gasteiger partial charge in [0.05, 0.1) is 0 Å². The maximum atomic E-state index is 3.38. The van der Waals surface area contributed by atoms with Gasteiger partial charge in [-0.3, -0.25) is 0 Å². The standard InChI is InChI=1S/C12H23N/c1-6-11(5)12(13-7-2)9-8-10(3)4/h8-10,13H,6-7H2,1-5H3/b9-8-,12-11-. The zero-order valence-electron chi connectivity index (χ0n) is 9.65. The first kappa shape index (κ1) is 12.3. The number of hydrogen-bond acceptors (Lipinski definition) is 1. The first-order chi connectivity index (χ1) is 6.11. The molecule has 0 bridgehead atoms. The quantitative estimate of drug-likeness (QED) is 0.640. The second-order valence-electron chi connectivity index (χ2n) is 3.68. The van der Waals surface area contributed by atoms with E-state index in [0.29, 0.717) is 5.92 Å². The summed E-state index contributed by atoms with van der Waals surface area (Å²) < 4.78 is 0. The van der Waals surface area contributed by atoms with E-state index in [2.05, 4.69) is 52.1 Å². The first-order valence-corrected chi connectivity index (χ1v) is 5.23. The number of allylic oxidation sites excluding steroid dienone is 3. The van der Waals surface area contributed by atoms with Crippen LogP contribution in [-0.2, 0) is 0 Å². The van der Waals surface area contributed by atoms with E-state index in [1.54, 1.807) is 0 Å². The molecule has 0 unspecified atom stereocenters. The van der Waals surface area contributed by atoms with Gasteiger partial charge in [-0.25, -0.2) is 0 Å². The lowest BCUT2D eigenvalue weighted by Gasteiger charge is -2.08. The monoisotopic (exact) mass is 181 g/mol. The SMILES string of the molecule is CCNC(/C=C\C(C)C)=C(/C)CC. The van der Waals surface area contributed by atoms with Crippen molar-refractivity contribution < 1.29 is 0 Å². The smallest absolute Gasteiger partial charge is 0.0325 e. The third-order valence-corrected chi connectivity index (χ3v) is 2.01. The fourth-order valence-electron chi connectivity index (χ4n) is 1.02. The van der Waals surface area contributed by atoms with E-state index in [1.807, 2.05) is 0 Å². The van der Waals surface area contributed by atoms with Crippen molar-refractivity contribution in [3.05, 3.63) is 23.4 Å². The van der Waals surface area contributed by atoms with E-state index < -0.39 is 0 Å². The number of hydrogen-bond donors (Lipinski definition) is 1. The lowest BCUT2D eigenvalue weighted by molar-refractivity contribution is 0.813. The Morgan fingerprint density at radius 2 is 1.92 bits per heavy atom. The Kier molecular flexibility index (Phi) is 6.38. The normalized spacial score (nSPS) is 13.7. The van der Waals surface area contributed by atoms with Gasteiger partial charge in [-0.2, -0.15) is 0 Å². The molecule has 0 aromatic rings. The van der Waals surface area contributed by atoms with Crippen molar-refractivity contribution in [1.82, 2.24) is 5.32 Å². The molecule has 0 amide bonds. The summed E-state index contributed by atoms with van der Waals surface area (Å²) in [7, 11) is 0. The van der Waals surface area contributed by atoms with Crippen LogP contribution in [0, 0.1) is 5.92 Å². The molecule has 0 aromatic heterocycles. The van der Waals surface area contributed by atoms with Crippen molar-refractivity contribution in [3.63, 3.8) is 0 Å². The highest BCUT2D eigenvalue weighted by Crippen LogP contribution is 2.07. The van der Waals surface area contributed by atoms with Crippen LogP contribution in [0.5, 0.6) is 0 Å². The molecular weight excluding hydrogens is 158 g/mol. The molecule has 0 radical (unpaired) electrons. The molecule has 0 rings (SSSR count). The predicted molar refractivity (Wildman–Crippen MR) is 60.6 cm³/mol. The maximum Gasteiger partial charge on any atom is 0.0325 e. The minimum Gasteiger partial charge on any atom is -0.385 e. The van der Waals surface area contributed by atoms with Crippen molar-refractivity contribution in [2.45, 2.75) is 41.0 Å². The van der Waals surface area contributed by atoms with Crippen molar-refractivity contribution in [3.8, 4) is 0 Å². The summed E-state index contributed by atoms with van der Waals surface area (Å²) in [5, 5.41) is 3.38. The van der Waals surface area contributed by atoms with E-state index in [9.17, 15) is 0 Å². The fourth-order valence-corrected chi connectivity index (χ4v) is 1.02. The molecule has 0 aliphatic carbocycles. The highest BCUT2D eigenvalue weighted by Gasteiger charge is 1.95. The molecule has 0 aromatic carbocycles. The van der Waals surface area contributed by atoms with Gasteiger partial charge in [-0.05, 0) is 32.3 Å². The first-order valence-electron chi connectivity index (χ1n) is 5.23. The van der Waals surface area contributed by atoms with Gasteiger partial charge in [0, 0.05) is 12.2 Å². The summed E-state index contributed by atoms with van der Waals surface area (Å²) in [6, 6.07) is 0. The van der Waals surface area contributed by atoms with E-state index in [0.717, 1.165) is 13.0 Å². The van der Waals surface area contributed by atoms with Crippen LogP contribution in [0.2, 0.25) is 0 Å². The molecule has 0 saturated heterocycles. The highest BCUT2D eigenvalue weighted by molar-refractivity contribution is 5.23. The average molecular weight is 181 g/mol. The number of rotatable bonds is 5. The van der Waals surface area contributed by atoms with Gasteiger partial charge < -0.3 is 5.32 Å². The maximum absolute atomic E-state index is 3.38. The lowest BCUT2D eigenvalue weighted by Crippen LogP contribution is -2.12. The Balaban J connectivity index is 4.43. The molecule has 0 fully saturated rings. The molecule has 0 saturated carbocycles. The summed E-state index contributed by atoms with van der Waals surface area (Å²) in [6.45, 7) is 11.9. The van der Waals surface area contributed by atoms with Gasteiger partial charge in [0.2, 0.25) is 0 Å². The van der Waals surface area contributed by atoms with Crippen LogP contribution in [0.3, 0.4) is 0 Å². The zero-order valence-corrected chi connectivity index (χ0v) is 9.65. The Morgan fingerprint density at radius 1 is 1.31 bits per heavy atom. The van der Waals surface area contributed by atoms with Gasteiger partial charge in [0.15, 0.2) is 0 Å². The summed E-state index contributed by atoms with van der Waals surface area (Å²) in [5.74, 6) is 0.623. The van der Waals surface area contributed by atoms with Gasteiger partial charge >= 0.3 is 0 Å². The minimum atomic E-state index is 0.623. The van der Waals surface area contributed by atoms with Gasteiger partial charge in [0.1, 0.15) is 0 Å². The van der Waals surface area contributed by atoms with Crippen molar-refractivity contribution >= 4 is 0 Å². The predicted octanol–water partition coefficient (Wildman–Crippen LogP) is 3.49. The Hall–Kier alpha value is -0.720. The molecule has 0 heterocycles. The van der Waals surface area contributed by atoms with E-state index >= 15 is 0 Å². The largest absolute Gasteiger partial charge is 0.385 e. The van der Waals surface area contributed by atoms with Crippen LogP contribution in [0.1, 0.15) is 41.0 Å². The fraction of sp³-hybridized carbons (Fsp3) is 0.667. The molecule has 1 nitrogen and oxygen atoms in total. The number of nitrogens with one attached hydrogen (secondary N) is 1. The highest BCUT2D eigenvalue weighted by atomic mass is 14.9. The van der Waals surface area contributed by atoms with Crippen molar-refractivity contribution in [1.29, 1.82) is 0 Å². The van der Waals surface area contributed by atoms with E-state index in [-0.39, 0.29) is 0 Å². The third-order valence-electron chi connectivity index (χ3n) is 2.01. The Morgan fingerprint density at radius 3 is 2.31 bits per heavy atom. The van der Waals surface area contributed by atoms with Crippen LogP contribution in [0.15, 0.2) is 23.4 Å². The zero-order chi connectivity index (χ0) is 10.3. The minimum absolute atomic E-state index is 0.623. The van der Waals surface area contributed by atoms with Crippen molar-refractivity contribution in [2.24, 2.45) is 5.92 Å². The van der Waals surface area contributed by atoms with E-state index in [1.165, 1.54) is 11.3 Å². The molecule has 1 N–H and O–H groups in total. The second kappa shape index (κ2) is 6.76. The van der Waals surface area contributed by atoms with Crippen LogP contribution < -0.4 is 5.32 Å². The molecular formula is C12H23N. The van der Waals surface area contributed by atoms with Crippen molar-refractivity contribution in [2.75, 3.05) is 6.54 Å². The molecule has 13 heavy (non-hydrogen) atoms. The third kappa shape index (κ3) is 5.51. The number of likely N-dealkylation sites (N-methyl/N-ethyl adjacent to an activating group) is 1. The summed E-state index contributed by atoms with van der Waals surface area (Å²) in [6.07, 6.45) is 5.55. The van der Waals surface area contributed by atoms with Crippen LogP contribution in [0.4, 0.5) is 0 Å².